The van der Waals surface area contributed by atoms with Crippen molar-refractivity contribution in [1.82, 2.24) is 39.9 Å². The van der Waals surface area contributed by atoms with E-state index in [2.05, 4.69) is 118 Å². The summed E-state index contributed by atoms with van der Waals surface area (Å²) in [6.45, 7) is 1.04. The van der Waals surface area contributed by atoms with Crippen LogP contribution in [-0.2, 0) is 9.31 Å². The third kappa shape index (κ3) is 6.65. The van der Waals surface area contributed by atoms with Gasteiger partial charge in [0.05, 0.1) is 25.8 Å². The summed E-state index contributed by atoms with van der Waals surface area (Å²) in [6, 6.07) is 41.4. The average molecular weight is 686 g/mol. The molecule has 1 aliphatic heterocycles. The molecule has 0 saturated carbocycles. The van der Waals surface area contributed by atoms with E-state index in [0.29, 0.717) is 31.1 Å². The van der Waals surface area contributed by atoms with E-state index in [1.807, 2.05) is 48.5 Å². The van der Waals surface area contributed by atoms with E-state index in [1.165, 1.54) is 11.1 Å². The highest BCUT2D eigenvalue weighted by atomic mass is 16.5. The summed E-state index contributed by atoms with van der Waals surface area (Å²) in [5, 5.41) is 3.28. The molecule has 8 aromatic rings. The van der Waals surface area contributed by atoms with Crippen LogP contribution in [0.2, 0.25) is 0 Å². The molecule has 0 spiro atoms. The van der Waals surface area contributed by atoms with Crippen LogP contribution in [-0.4, -0.2) is 79.6 Å². The fourth-order valence-corrected chi connectivity index (χ4v) is 7.09. The zero-order valence-electron chi connectivity index (χ0n) is 28.3. The van der Waals surface area contributed by atoms with Gasteiger partial charge in [0.1, 0.15) is 18.2 Å². The molecule has 12 nitrogen and oxygen atoms in total. The van der Waals surface area contributed by atoms with E-state index in [0.717, 1.165) is 51.1 Å². The highest BCUT2D eigenvalue weighted by molar-refractivity contribution is 6.91. The van der Waals surface area contributed by atoms with Crippen LogP contribution < -0.4 is 32.0 Å². The van der Waals surface area contributed by atoms with Gasteiger partial charge in [-0.05, 0) is 10.9 Å². The van der Waals surface area contributed by atoms with Gasteiger partial charge in [-0.2, -0.15) is 4.98 Å². The second-order valence-electron chi connectivity index (χ2n) is 12.4. The number of aromatic nitrogens is 8. The fraction of sp³-hybridized carbons (Fsp3) is 0.105. The van der Waals surface area contributed by atoms with Gasteiger partial charge in [-0.3, -0.25) is 0 Å². The van der Waals surface area contributed by atoms with Crippen LogP contribution in [0.1, 0.15) is 0 Å². The van der Waals surface area contributed by atoms with Gasteiger partial charge in [-0.15, -0.1) is 10.9 Å². The van der Waals surface area contributed by atoms with Crippen molar-refractivity contribution < 1.29 is 14.1 Å². The summed E-state index contributed by atoms with van der Waals surface area (Å²) in [4.78, 5) is 33.1. The monoisotopic (exact) mass is 686 g/mol. The van der Waals surface area contributed by atoms with Crippen molar-refractivity contribution in [2.75, 3.05) is 31.6 Å². The van der Waals surface area contributed by atoms with E-state index < -0.39 is 6.48 Å². The number of hydrogen-bond acceptors (Lipinski definition) is 9. The Labute approximate surface area is 300 Å². The summed E-state index contributed by atoms with van der Waals surface area (Å²) in [5.41, 5.74) is 7.60. The number of nitrogens with one attached hydrogen (secondary N) is 4. The number of imidazole rings is 2. The molecular weight excluding hydrogens is 650 g/mol. The number of H-pyrrole nitrogens is 2. The minimum Gasteiger partial charge on any atom is -0.527 e. The SMILES string of the molecule is c1ccc(B(OCCNc2ncnc3nc[nH]c23)c2ccccc2)cc1.c1ccc([B-]2(c3ccccc3)OCC[NH+]2c2ncnc3nc[nH]c23)cc1. The Balaban J connectivity index is 0.000000149. The highest BCUT2D eigenvalue weighted by Gasteiger charge is 2.48. The van der Waals surface area contributed by atoms with Crippen LogP contribution in [0.25, 0.3) is 22.3 Å². The zero-order chi connectivity index (χ0) is 35.0. The summed E-state index contributed by atoms with van der Waals surface area (Å²) < 4.78 is 12.7. The van der Waals surface area contributed by atoms with Crippen molar-refractivity contribution in [2.24, 2.45) is 0 Å². The second-order valence-corrected chi connectivity index (χ2v) is 12.4. The molecule has 1 fully saturated rings. The van der Waals surface area contributed by atoms with E-state index in [1.54, 1.807) is 19.0 Å². The Morgan fingerprint density at radius 1 is 0.654 bits per heavy atom. The van der Waals surface area contributed by atoms with Crippen molar-refractivity contribution in [3.8, 4) is 0 Å². The molecule has 0 radical (unpaired) electrons. The Kier molecular flexibility index (Phi) is 9.73. The standard InChI is InChI=1S/2C19H18BN5O/c1-3-7-15(8-4-1)20(16-9-5-2-6-10-16)25(11-12-26-20)19-17-18(22-13-21-17)23-14-24-19;1-3-7-15(8-4-1)20(16-9-5-2-6-10-16)26-12-11-21-18-17-19(23-13-22-17)25-14-24-18/h1-10,13-14,25H,11-12H2,(H,21,22,23,24);1-10,13-14H,11-12H2,(H2,21,22,23,24,25). The van der Waals surface area contributed by atoms with Crippen molar-refractivity contribution in [1.29, 1.82) is 0 Å². The molecule has 1 aliphatic rings. The summed E-state index contributed by atoms with van der Waals surface area (Å²) >= 11 is 0. The topological polar surface area (TPSA) is 144 Å². The average Bonchev–Trinajstić information content (AvgIpc) is 4.01. The highest BCUT2D eigenvalue weighted by Crippen LogP contribution is 2.16. The van der Waals surface area contributed by atoms with Crippen LogP contribution in [0.5, 0.6) is 0 Å². The predicted octanol–water partition coefficient (Wildman–Crippen LogP) is 1.74. The first-order chi connectivity index (χ1) is 25.8. The molecule has 4 aromatic heterocycles. The Hall–Kier alpha value is -6.21. The summed E-state index contributed by atoms with van der Waals surface area (Å²) in [7, 11) is 0. The van der Waals surface area contributed by atoms with Crippen LogP contribution >= 0.6 is 0 Å². The van der Waals surface area contributed by atoms with Gasteiger partial charge in [0.15, 0.2) is 22.6 Å². The van der Waals surface area contributed by atoms with Crippen molar-refractivity contribution in [3.63, 3.8) is 0 Å². The van der Waals surface area contributed by atoms with Crippen molar-refractivity contribution >= 4 is 69.2 Å². The predicted molar refractivity (Wildman–Crippen MR) is 205 cm³/mol. The second kappa shape index (κ2) is 15.4. The number of fused-ring (bicyclic) bond motifs is 2. The molecule has 4 N–H and O–H groups in total. The third-order valence-electron chi connectivity index (χ3n) is 9.40. The zero-order valence-corrected chi connectivity index (χ0v) is 28.3. The lowest BCUT2D eigenvalue weighted by Crippen LogP contribution is -3.21. The molecule has 5 heterocycles. The lowest BCUT2D eigenvalue weighted by molar-refractivity contribution is -0.712. The molecule has 14 heteroatoms. The van der Waals surface area contributed by atoms with Crippen LogP contribution in [0.3, 0.4) is 0 Å². The number of anilines is 1. The van der Waals surface area contributed by atoms with Gasteiger partial charge in [-0.1, -0.05) is 121 Å². The Morgan fingerprint density at radius 3 is 1.81 bits per heavy atom. The lowest BCUT2D eigenvalue weighted by atomic mass is 9.41. The number of quaternary nitrogens is 1. The first kappa shape index (κ1) is 33.0. The lowest BCUT2D eigenvalue weighted by Gasteiger charge is -2.39. The largest absolute Gasteiger partial charge is 0.527 e. The summed E-state index contributed by atoms with van der Waals surface area (Å²) in [5.74, 6) is 1.63. The molecule has 9 rings (SSSR count). The smallest absolute Gasteiger partial charge is 0.396 e. The first-order valence-electron chi connectivity index (χ1n) is 17.3. The van der Waals surface area contributed by atoms with Gasteiger partial charge in [0.25, 0.3) is 0 Å². The molecule has 1 atom stereocenters. The molecule has 1 unspecified atom stereocenters. The fourth-order valence-electron chi connectivity index (χ4n) is 7.09. The molecule has 256 valence electrons. The minimum atomic E-state index is -1.52. The van der Waals surface area contributed by atoms with E-state index in [4.69, 9.17) is 9.31 Å². The summed E-state index contributed by atoms with van der Waals surface area (Å²) in [6.07, 6.45) is 6.37. The number of hydrogen-bond donors (Lipinski definition) is 4. The normalized spacial score (nSPS) is 14.9. The Morgan fingerprint density at radius 2 is 1.19 bits per heavy atom. The number of aromatic amines is 2. The number of rotatable bonds is 10. The van der Waals surface area contributed by atoms with Gasteiger partial charge < -0.3 is 29.4 Å². The quantitative estimate of drug-likeness (QED) is 0.125. The Bertz CT molecular complexity index is 2250. The molecule has 4 aromatic carbocycles. The van der Waals surface area contributed by atoms with Gasteiger partial charge in [0, 0.05) is 13.2 Å². The number of nitrogens with zero attached hydrogens (tertiary/aromatic N) is 6. The van der Waals surface area contributed by atoms with Crippen LogP contribution in [0.15, 0.2) is 147 Å². The molecule has 52 heavy (non-hydrogen) atoms. The minimum absolute atomic E-state index is 0.100. The van der Waals surface area contributed by atoms with E-state index in [9.17, 15) is 0 Å². The van der Waals surface area contributed by atoms with Crippen LogP contribution in [0.4, 0.5) is 11.6 Å². The van der Waals surface area contributed by atoms with E-state index in [-0.39, 0.29) is 6.92 Å². The first-order valence-corrected chi connectivity index (χ1v) is 17.3. The maximum Gasteiger partial charge on any atom is 0.396 e. The molecule has 0 aliphatic carbocycles. The van der Waals surface area contributed by atoms with Gasteiger partial charge in [0.2, 0.25) is 5.82 Å². The third-order valence-corrected chi connectivity index (χ3v) is 9.40. The molecular formula is C38H36B2N10O2. The van der Waals surface area contributed by atoms with Crippen molar-refractivity contribution in [3.05, 3.63) is 147 Å². The number of benzene rings is 4. The maximum atomic E-state index is 6.54. The maximum absolute atomic E-state index is 6.54. The van der Waals surface area contributed by atoms with E-state index >= 15 is 0 Å². The van der Waals surface area contributed by atoms with Gasteiger partial charge >= 0.3 is 13.4 Å². The molecule has 0 bridgehead atoms. The van der Waals surface area contributed by atoms with Crippen molar-refractivity contribution in [2.45, 2.75) is 0 Å². The molecule has 0 amide bonds. The van der Waals surface area contributed by atoms with Gasteiger partial charge in [-0.25, -0.2) is 24.9 Å². The van der Waals surface area contributed by atoms with Crippen LogP contribution in [0, 0.1) is 0 Å². The molecule has 1 saturated heterocycles.